The molecule has 2 amide bonds. The van der Waals surface area contributed by atoms with Crippen LogP contribution < -0.4 is 20.3 Å². The van der Waals surface area contributed by atoms with E-state index in [0.717, 1.165) is 54.6 Å². The van der Waals surface area contributed by atoms with Crippen LogP contribution in [0, 0.1) is 40.9 Å². The van der Waals surface area contributed by atoms with Gasteiger partial charge in [0.25, 0.3) is 5.91 Å². The number of aliphatic hydroxyl groups excluding tert-OH is 2. The molecule has 1 heterocycles. The van der Waals surface area contributed by atoms with Crippen molar-refractivity contribution in [1.29, 1.82) is 0 Å². The van der Waals surface area contributed by atoms with Gasteiger partial charge in [-0.2, -0.15) is 5.06 Å². The van der Waals surface area contributed by atoms with Crippen molar-refractivity contribution in [2.24, 2.45) is 40.9 Å². The molecular formula is C46H73N5O6. The van der Waals surface area contributed by atoms with Crippen LogP contribution in [0.25, 0.3) is 11.1 Å². The number of carbonyl (C=O) groups is 2. The molecule has 11 heteroatoms. The molecule has 57 heavy (non-hydrogen) atoms. The molecule has 2 aromatic carbocycles. The van der Waals surface area contributed by atoms with E-state index in [9.17, 15) is 19.8 Å². The summed E-state index contributed by atoms with van der Waals surface area (Å²) in [7, 11) is 7.99. The third kappa shape index (κ3) is 10.7. The van der Waals surface area contributed by atoms with E-state index in [-0.39, 0.29) is 48.4 Å². The van der Waals surface area contributed by atoms with Crippen molar-refractivity contribution >= 4 is 17.5 Å². The fraction of sp³-hybridized carbons (Fsp3) is 0.696. The lowest BCUT2D eigenvalue weighted by Crippen LogP contribution is -2.56. The van der Waals surface area contributed by atoms with Crippen LogP contribution in [0.1, 0.15) is 97.0 Å². The average Bonchev–Trinajstić information content (AvgIpc) is 3.89. The number of aliphatic hydroxyl groups is 2. The number of hydrogen-bond donors (Lipinski definition) is 4. The zero-order valence-corrected chi connectivity index (χ0v) is 36.8. The van der Waals surface area contributed by atoms with Crippen molar-refractivity contribution in [1.82, 2.24) is 20.6 Å². The summed E-state index contributed by atoms with van der Waals surface area (Å²) in [6.45, 7) is 18.6. The first-order valence-electron chi connectivity index (χ1n) is 21.4. The standard InChI is InChI=1S/C46H73N5O6/c1-27(2)18-36(24-49(9)10)47-44(54)35-20-34(21-37(22-35)50(11)12)38-15-13-14-33(43(38)56-26-32-16-17-32)23-51-42(41(31(6)53)40(25-52)57-51)45(55)48-39-19-28(3)46(7,8)30(5)29(39)4/h13-15,20-22,27-32,36,39-42,52-53H,16-19,23-26H2,1-12H3,(H,47,54)(H,48,55)/t28-,29+,30+,31+,36-,39+,40+,41-,42+/m1/s1. The Bertz CT molecular complexity index is 1660. The molecule has 3 aliphatic rings. The van der Waals surface area contributed by atoms with Gasteiger partial charge in [-0.25, -0.2) is 0 Å². The Hall–Kier alpha value is -3.22. The highest BCUT2D eigenvalue weighted by atomic mass is 16.7. The normalized spacial score (nSPS) is 27.3. The summed E-state index contributed by atoms with van der Waals surface area (Å²) < 4.78 is 6.71. The Kier molecular flexibility index (Phi) is 14.8. The Balaban J connectivity index is 1.51. The Morgan fingerprint density at radius 2 is 1.75 bits per heavy atom. The van der Waals surface area contributed by atoms with E-state index in [2.05, 4.69) is 70.1 Å². The predicted octanol–water partition coefficient (Wildman–Crippen LogP) is 6.21. The molecule has 2 aliphatic carbocycles. The van der Waals surface area contributed by atoms with Crippen LogP contribution in [-0.2, 0) is 16.2 Å². The summed E-state index contributed by atoms with van der Waals surface area (Å²) in [5, 5.41) is 29.9. The summed E-state index contributed by atoms with van der Waals surface area (Å²) in [5.41, 5.74) is 4.10. The van der Waals surface area contributed by atoms with E-state index in [1.54, 1.807) is 12.0 Å². The second kappa shape index (κ2) is 18.8. The molecule has 1 aliphatic heterocycles. The van der Waals surface area contributed by atoms with Crippen molar-refractivity contribution in [3.63, 3.8) is 0 Å². The van der Waals surface area contributed by atoms with Gasteiger partial charge in [-0.1, -0.05) is 66.7 Å². The maximum Gasteiger partial charge on any atom is 0.251 e. The van der Waals surface area contributed by atoms with Gasteiger partial charge in [0.05, 0.1) is 25.9 Å². The maximum absolute atomic E-state index is 14.5. The lowest BCUT2D eigenvalue weighted by Gasteiger charge is -2.50. The molecule has 0 bridgehead atoms. The highest BCUT2D eigenvalue weighted by Crippen LogP contribution is 2.48. The minimum atomic E-state index is -0.906. The average molecular weight is 792 g/mol. The maximum atomic E-state index is 14.5. The van der Waals surface area contributed by atoms with Crippen molar-refractivity contribution in [2.45, 2.75) is 118 Å². The first-order valence-corrected chi connectivity index (χ1v) is 21.4. The molecular weight excluding hydrogens is 719 g/mol. The topological polar surface area (TPSA) is 127 Å². The number of likely N-dealkylation sites (N-methyl/N-ethyl adjacent to an activating group) is 1. The molecule has 4 N–H and O–H groups in total. The smallest absolute Gasteiger partial charge is 0.251 e. The molecule has 9 atom stereocenters. The lowest BCUT2D eigenvalue weighted by molar-refractivity contribution is -0.182. The summed E-state index contributed by atoms with van der Waals surface area (Å²) in [6, 6.07) is 11.1. The second-order valence-corrected chi connectivity index (χ2v) is 19.2. The summed E-state index contributed by atoms with van der Waals surface area (Å²) in [5.74, 6) is 1.66. The molecule has 3 fully saturated rings. The molecule has 1 saturated heterocycles. The molecule has 0 spiro atoms. The molecule has 318 valence electrons. The number of ether oxygens (including phenoxy) is 1. The lowest BCUT2D eigenvalue weighted by atomic mass is 9.58. The number of carbonyl (C=O) groups excluding carboxylic acids is 2. The van der Waals surface area contributed by atoms with Gasteiger partial charge in [0.15, 0.2) is 0 Å². The molecule has 2 saturated carbocycles. The summed E-state index contributed by atoms with van der Waals surface area (Å²) >= 11 is 0. The molecule has 2 aromatic rings. The van der Waals surface area contributed by atoms with Gasteiger partial charge in [0.2, 0.25) is 5.91 Å². The van der Waals surface area contributed by atoms with Gasteiger partial charge >= 0.3 is 0 Å². The first kappa shape index (κ1) is 44.9. The van der Waals surface area contributed by atoms with Gasteiger partial charge in [0, 0.05) is 61.0 Å². The molecule has 5 rings (SSSR count). The van der Waals surface area contributed by atoms with E-state index in [4.69, 9.17) is 9.57 Å². The minimum Gasteiger partial charge on any atom is -0.492 e. The summed E-state index contributed by atoms with van der Waals surface area (Å²) in [6.07, 6.45) is 2.29. The van der Waals surface area contributed by atoms with Gasteiger partial charge < -0.3 is 35.4 Å². The van der Waals surface area contributed by atoms with Crippen LogP contribution in [0.4, 0.5) is 5.69 Å². The quantitative estimate of drug-likeness (QED) is 0.148. The zero-order valence-electron chi connectivity index (χ0n) is 36.8. The number of hydroxylamine groups is 2. The Labute approximate surface area is 342 Å². The van der Waals surface area contributed by atoms with Crippen LogP contribution in [0.2, 0.25) is 0 Å². The number of hydrogen-bond acceptors (Lipinski definition) is 9. The van der Waals surface area contributed by atoms with Gasteiger partial charge in [-0.3, -0.25) is 14.4 Å². The summed E-state index contributed by atoms with van der Waals surface area (Å²) in [4.78, 5) is 39.0. The SMILES string of the molecule is CC(C)C[C@H](CN(C)C)NC(=O)c1cc(-c2cccc(CN3O[C@@H](CO)[C@@H]([C@H](C)O)[C@H]3C(=O)N[C@H]3C[C@@H](C)C(C)(C)[C@@H](C)[C@@H]3C)c2OCC2CC2)cc(N(C)C)c1. The zero-order chi connectivity index (χ0) is 41.9. The fourth-order valence-corrected chi connectivity index (χ4v) is 9.08. The van der Waals surface area contributed by atoms with E-state index >= 15 is 0 Å². The predicted molar refractivity (Wildman–Crippen MR) is 228 cm³/mol. The van der Waals surface area contributed by atoms with Gasteiger partial charge in [0.1, 0.15) is 17.9 Å². The number of amides is 2. The highest BCUT2D eigenvalue weighted by molar-refractivity contribution is 5.97. The largest absolute Gasteiger partial charge is 0.492 e. The third-order valence-corrected chi connectivity index (χ3v) is 13.4. The Morgan fingerprint density at radius 3 is 2.35 bits per heavy atom. The molecule has 0 aromatic heterocycles. The van der Waals surface area contributed by atoms with E-state index in [1.807, 2.05) is 63.4 Å². The van der Waals surface area contributed by atoms with E-state index < -0.39 is 24.2 Å². The van der Waals surface area contributed by atoms with Gasteiger partial charge in [-0.05, 0) is 105 Å². The number of para-hydroxylation sites is 1. The fourth-order valence-electron chi connectivity index (χ4n) is 9.08. The van der Waals surface area contributed by atoms with Crippen molar-refractivity contribution in [3.8, 4) is 16.9 Å². The van der Waals surface area contributed by atoms with E-state index in [1.165, 1.54) is 0 Å². The first-order chi connectivity index (χ1) is 26.8. The molecule has 0 unspecified atom stereocenters. The van der Waals surface area contributed by atoms with Crippen LogP contribution in [-0.4, -0.2) is 110 Å². The minimum absolute atomic E-state index is 0.00137. The number of nitrogens with one attached hydrogen (secondary N) is 2. The molecule has 0 radical (unpaired) electrons. The van der Waals surface area contributed by atoms with Crippen molar-refractivity contribution in [3.05, 3.63) is 47.5 Å². The van der Waals surface area contributed by atoms with Gasteiger partial charge in [-0.15, -0.1) is 0 Å². The second-order valence-electron chi connectivity index (χ2n) is 19.2. The number of anilines is 1. The van der Waals surface area contributed by atoms with Crippen molar-refractivity contribution < 1.29 is 29.4 Å². The third-order valence-electron chi connectivity index (χ3n) is 13.4. The number of nitrogens with zero attached hydrogens (tertiary/aromatic N) is 3. The van der Waals surface area contributed by atoms with Crippen LogP contribution >= 0.6 is 0 Å². The Morgan fingerprint density at radius 1 is 1.05 bits per heavy atom. The van der Waals surface area contributed by atoms with Crippen LogP contribution in [0.5, 0.6) is 5.75 Å². The van der Waals surface area contributed by atoms with Crippen molar-refractivity contribution in [2.75, 3.05) is 52.8 Å². The monoisotopic (exact) mass is 792 g/mol. The highest BCUT2D eigenvalue weighted by Gasteiger charge is 2.51. The number of benzene rings is 2. The van der Waals surface area contributed by atoms with E-state index in [0.29, 0.717) is 41.6 Å². The van der Waals surface area contributed by atoms with Crippen LogP contribution in [0.15, 0.2) is 36.4 Å². The van der Waals surface area contributed by atoms with Crippen LogP contribution in [0.3, 0.4) is 0 Å². The molecule has 11 nitrogen and oxygen atoms in total. The number of rotatable bonds is 17.